The van der Waals surface area contributed by atoms with Crippen LogP contribution in [0.15, 0.2) is 21.3 Å². The molecule has 3 heterocycles. The fraction of sp³-hybridized carbons (Fsp3) is 0.609. The Balaban J connectivity index is 1.64. The van der Waals surface area contributed by atoms with E-state index < -0.39 is 54.6 Å². The second-order valence-electron chi connectivity index (χ2n) is 9.05. The number of rotatable bonds is 8. The van der Waals surface area contributed by atoms with Crippen LogP contribution < -0.4 is 19.8 Å². The van der Waals surface area contributed by atoms with Gasteiger partial charge in [-0.3, -0.25) is 0 Å². The lowest BCUT2D eigenvalue weighted by Crippen LogP contribution is -2.61. The highest BCUT2D eigenvalue weighted by molar-refractivity contribution is 5.93. The van der Waals surface area contributed by atoms with E-state index in [0.29, 0.717) is 29.9 Å². The predicted molar refractivity (Wildman–Crippen MR) is 119 cm³/mol. The molecule has 35 heavy (non-hydrogen) atoms. The minimum atomic E-state index is -1.66. The molecule has 2 aromatic rings. The fourth-order valence-electron chi connectivity index (χ4n) is 4.18. The monoisotopic (exact) mass is 498 g/mol. The summed E-state index contributed by atoms with van der Waals surface area (Å²) >= 11 is 0. The number of methoxy groups -OCH3 is 1. The smallest absolute Gasteiger partial charge is 0.336 e. The lowest BCUT2D eigenvalue weighted by Gasteiger charge is -2.42. The summed E-state index contributed by atoms with van der Waals surface area (Å²) in [6.45, 7) is 2.30. The molecule has 194 valence electrons. The zero-order valence-corrected chi connectivity index (χ0v) is 19.5. The van der Waals surface area contributed by atoms with Crippen molar-refractivity contribution in [2.24, 2.45) is 0 Å². The average Bonchev–Trinajstić information content (AvgIpc) is 3.29. The minimum absolute atomic E-state index is 0.0948. The molecule has 0 radical (unpaired) electrons. The minimum Gasteiger partial charge on any atom is -0.496 e. The average molecular weight is 498 g/mol. The van der Waals surface area contributed by atoms with Crippen LogP contribution in [0.3, 0.4) is 0 Å². The molecule has 0 bridgehead atoms. The van der Waals surface area contributed by atoms with E-state index in [1.807, 2.05) is 0 Å². The van der Waals surface area contributed by atoms with Gasteiger partial charge in [0.15, 0.2) is 17.6 Å². The highest BCUT2D eigenvalue weighted by atomic mass is 16.7. The van der Waals surface area contributed by atoms with E-state index >= 15 is 0 Å². The molecule has 1 fully saturated rings. The van der Waals surface area contributed by atoms with Crippen molar-refractivity contribution in [3.63, 3.8) is 0 Å². The third kappa shape index (κ3) is 4.83. The number of fused-ring (bicyclic) bond motifs is 2. The normalized spacial score (nSPS) is 27.4. The maximum absolute atomic E-state index is 12.0. The standard InChI is InChI=1S/C23H30O12/c1-23(2,29)13(34-22-17(28)16(27)15(26)12(8-24)33-22)9-32-21-19-11(6-7-31-19)18(30-3)10-4-5-14(25)35-20(10)21/h4-5,12-13,15-17,22,24,26-29H,6-9H2,1-3H3/t12-,13-,15-,16+,17-,22+/m1/s1. The zero-order chi connectivity index (χ0) is 25.5. The molecule has 0 unspecified atom stereocenters. The molecule has 0 saturated carbocycles. The third-order valence-electron chi connectivity index (χ3n) is 6.16. The summed E-state index contributed by atoms with van der Waals surface area (Å²) in [4.78, 5) is 12.0. The maximum atomic E-state index is 12.0. The second-order valence-corrected chi connectivity index (χ2v) is 9.05. The molecule has 12 heteroatoms. The number of benzene rings is 1. The van der Waals surface area contributed by atoms with Gasteiger partial charge >= 0.3 is 5.63 Å². The zero-order valence-electron chi connectivity index (χ0n) is 19.5. The van der Waals surface area contributed by atoms with Crippen LogP contribution >= 0.6 is 0 Å². The molecule has 6 atom stereocenters. The molecule has 1 saturated heterocycles. The molecule has 1 aromatic heterocycles. The van der Waals surface area contributed by atoms with Gasteiger partial charge in [0.05, 0.1) is 31.3 Å². The Morgan fingerprint density at radius 2 is 1.89 bits per heavy atom. The first-order chi connectivity index (χ1) is 16.6. The molecule has 0 spiro atoms. The van der Waals surface area contributed by atoms with E-state index in [4.69, 9.17) is 28.1 Å². The van der Waals surface area contributed by atoms with Gasteiger partial charge in [-0.15, -0.1) is 0 Å². The topological polar surface area (TPSA) is 178 Å². The van der Waals surface area contributed by atoms with Crippen LogP contribution in [0.1, 0.15) is 19.4 Å². The summed E-state index contributed by atoms with van der Waals surface area (Å²) in [6, 6.07) is 2.82. The summed E-state index contributed by atoms with van der Waals surface area (Å²) < 4.78 is 33.8. The summed E-state index contributed by atoms with van der Waals surface area (Å²) in [5.74, 6) is 0.962. The van der Waals surface area contributed by atoms with Crippen LogP contribution in [-0.2, 0) is 15.9 Å². The van der Waals surface area contributed by atoms with Gasteiger partial charge in [0.2, 0.25) is 5.75 Å². The Hall–Kier alpha value is -2.45. The van der Waals surface area contributed by atoms with Crippen molar-refractivity contribution in [3.05, 3.63) is 28.1 Å². The highest BCUT2D eigenvalue weighted by Crippen LogP contribution is 2.48. The summed E-state index contributed by atoms with van der Waals surface area (Å²) in [5, 5.41) is 51.0. The first-order valence-electron chi connectivity index (χ1n) is 11.2. The van der Waals surface area contributed by atoms with E-state index in [2.05, 4.69) is 0 Å². The van der Waals surface area contributed by atoms with Gasteiger partial charge < -0.3 is 53.6 Å². The molecule has 4 rings (SSSR count). The number of hydrogen-bond donors (Lipinski definition) is 5. The molecular formula is C23H30O12. The highest BCUT2D eigenvalue weighted by Gasteiger charge is 2.46. The van der Waals surface area contributed by atoms with Crippen molar-refractivity contribution in [3.8, 4) is 17.2 Å². The number of aliphatic hydroxyl groups excluding tert-OH is 4. The fourth-order valence-corrected chi connectivity index (χ4v) is 4.18. The largest absolute Gasteiger partial charge is 0.496 e. The van der Waals surface area contributed by atoms with Gasteiger partial charge in [0.25, 0.3) is 0 Å². The second kappa shape index (κ2) is 9.90. The van der Waals surface area contributed by atoms with E-state index in [0.717, 1.165) is 5.56 Å². The molecule has 12 nitrogen and oxygen atoms in total. The van der Waals surface area contributed by atoms with Crippen molar-refractivity contribution >= 4 is 11.0 Å². The first-order valence-corrected chi connectivity index (χ1v) is 11.2. The molecule has 1 aromatic carbocycles. The van der Waals surface area contributed by atoms with Crippen molar-refractivity contribution in [1.29, 1.82) is 0 Å². The lowest BCUT2D eigenvalue weighted by molar-refractivity contribution is -0.323. The maximum Gasteiger partial charge on any atom is 0.336 e. The molecule has 2 aliphatic rings. The molecule has 0 amide bonds. The van der Waals surface area contributed by atoms with Crippen LogP contribution in [0.25, 0.3) is 11.0 Å². The van der Waals surface area contributed by atoms with Gasteiger partial charge in [0.1, 0.15) is 42.9 Å². The van der Waals surface area contributed by atoms with Crippen LogP contribution in [0.4, 0.5) is 0 Å². The van der Waals surface area contributed by atoms with E-state index in [9.17, 15) is 30.3 Å². The number of ether oxygens (including phenoxy) is 5. The van der Waals surface area contributed by atoms with Crippen LogP contribution in [0.2, 0.25) is 0 Å². The van der Waals surface area contributed by atoms with E-state index in [1.54, 1.807) is 6.07 Å². The summed E-state index contributed by atoms with van der Waals surface area (Å²) in [6.07, 6.45) is -8.14. The van der Waals surface area contributed by atoms with Gasteiger partial charge in [-0.25, -0.2) is 4.79 Å². The Morgan fingerprint density at radius 1 is 1.14 bits per heavy atom. The van der Waals surface area contributed by atoms with E-state index in [1.165, 1.54) is 27.0 Å². The van der Waals surface area contributed by atoms with Crippen molar-refractivity contribution in [1.82, 2.24) is 0 Å². The molecule has 2 aliphatic heterocycles. The Labute approximate surface area is 200 Å². The van der Waals surface area contributed by atoms with E-state index in [-0.39, 0.29) is 17.9 Å². The Bertz CT molecular complexity index is 1100. The predicted octanol–water partition coefficient (Wildman–Crippen LogP) is -0.929. The van der Waals surface area contributed by atoms with Crippen LogP contribution in [0, 0.1) is 0 Å². The van der Waals surface area contributed by atoms with Gasteiger partial charge in [0, 0.05) is 18.1 Å². The quantitative estimate of drug-likeness (QED) is 0.283. The van der Waals surface area contributed by atoms with Crippen LogP contribution in [0.5, 0.6) is 17.2 Å². The summed E-state index contributed by atoms with van der Waals surface area (Å²) in [5.41, 5.74) is -1.32. The Kier molecular flexibility index (Phi) is 7.25. The molecular weight excluding hydrogens is 468 g/mol. The van der Waals surface area contributed by atoms with Gasteiger partial charge in [-0.05, 0) is 19.9 Å². The van der Waals surface area contributed by atoms with Crippen molar-refractivity contribution in [2.75, 3.05) is 26.9 Å². The van der Waals surface area contributed by atoms with Crippen molar-refractivity contribution < 1.29 is 53.6 Å². The van der Waals surface area contributed by atoms with Crippen molar-refractivity contribution in [2.45, 2.75) is 62.7 Å². The first kappa shape index (κ1) is 25.6. The SMILES string of the molecule is COc1c2c(c(OC[C@@H](O[C@@H]3O[C@H](CO)[C@@H](O)[C@H](O)[C@H]3O)C(C)(C)O)c3oc(=O)ccc13)OCC2. The summed E-state index contributed by atoms with van der Waals surface area (Å²) in [7, 11) is 1.50. The van der Waals surface area contributed by atoms with Gasteiger partial charge in [-0.1, -0.05) is 0 Å². The third-order valence-corrected chi connectivity index (χ3v) is 6.16. The van der Waals surface area contributed by atoms with Crippen LogP contribution in [-0.4, -0.2) is 94.9 Å². The molecule has 5 N–H and O–H groups in total. The number of hydrogen-bond acceptors (Lipinski definition) is 12. The molecule has 0 aliphatic carbocycles. The number of aliphatic hydroxyl groups is 5. The lowest BCUT2D eigenvalue weighted by atomic mass is 9.98. The Morgan fingerprint density at radius 3 is 2.54 bits per heavy atom. The van der Waals surface area contributed by atoms with Gasteiger partial charge in [-0.2, -0.15) is 0 Å².